The number of hydrogen-bond acceptors (Lipinski definition) is 4. The van der Waals surface area contributed by atoms with Crippen LogP contribution < -0.4 is 0 Å². The summed E-state index contributed by atoms with van der Waals surface area (Å²) in [5.74, 6) is 0.575. The van der Waals surface area contributed by atoms with Gasteiger partial charge in [0.25, 0.3) is 0 Å². The Bertz CT molecular complexity index is 139. The van der Waals surface area contributed by atoms with Crippen molar-refractivity contribution in [3.05, 3.63) is 0 Å². The molecule has 0 bridgehead atoms. The molecule has 1 saturated heterocycles. The Morgan fingerprint density at radius 2 is 2.30 bits per heavy atom. The number of thioether (sulfide) groups is 1. The number of nitrogens with zero attached hydrogens (tertiary/aromatic N) is 1. The highest BCUT2D eigenvalue weighted by molar-refractivity contribution is 8.00. The molecule has 5 heteroatoms. The number of aliphatic hydroxyl groups is 2. The van der Waals surface area contributed by atoms with E-state index in [-0.39, 0.29) is 6.54 Å². The van der Waals surface area contributed by atoms with Crippen molar-refractivity contribution in [3.63, 3.8) is 0 Å². The Hall–Kier alpha value is -0.260. The first-order valence-electron chi connectivity index (χ1n) is 2.92. The SMILES string of the molecule is O=CN1CCSC(O)(O)C1. The quantitative estimate of drug-likeness (QED) is 0.378. The van der Waals surface area contributed by atoms with E-state index in [1.54, 1.807) is 0 Å². The molecule has 1 aliphatic rings. The smallest absolute Gasteiger partial charge is 0.231 e. The number of rotatable bonds is 1. The zero-order chi connectivity index (χ0) is 7.61. The third-order valence-electron chi connectivity index (χ3n) is 1.27. The Morgan fingerprint density at radius 3 is 2.70 bits per heavy atom. The van der Waals surface area contributed by atoms with Crippen molar-refractivity contribution in [1.82, 2.24) is 4.90 Å². The highest BCUT2D eigenvalue weighted by atomic mass is 32.2. The van der Waals surface area contributed by atoms with Crippen LogP contribution in [-0.2, 0) is 4.79 Å². The number of β-amino-alcohol motifs (C(OH)–C–C–N with tert-alkyl or cyclic N) is 2. The van der Waals surface area contributed by atoms with Gasteiger partial charge in [0, 0.05) is 12.3 Å². The number of carbonyl (C=O) groups excluding carboxylic acids is 1. The number of hydrogen-bond donors (Lipinski definition) is 2. The van der Waals surface area contributed by atoms with Gasteiger partial charge in [-0.05, 0) is 0 Å². The summed E-state index contributed by atoms with van der Waals surface area (Å²) in [4.78, 5) is 11.5. The average Bonchev–Trinajstić information content (AvgIpc) is 1.86. The predicted octanol–water partition coefficient (Wildman–Crippen LogP) is -1.17. The molecule has 0 atom stereocenters. The summed E-state index contributed by atoms with van der Waals surface area (Å²) in [6, 6.07) is 0. The first kappa shape index (κ1) is 7.84. The second kappa shape index (κ2) is 2.77. The van der Waals surface area contributed by atoms with Gasteiger partial charge in [0.1, 0.15) is 0 Å². The lowest BCUT2D eigenvalue weighted by Crippen LogP contribution is -2.45. The summed E-state index contributed by atoms with van der Waals surface area (Å²) >= 11 is 1.05. The molecule has 1 amide bonds. The van der Waals surface area contributed by atoms with E-state index in [0.717, 1.165) is 11.8 Å². The van der Waals surface area contributed by atoms with Crippen LogP contribution in [0.5, 0.6) is 0 Å². The zero-order valence-electron chi connectivity index (χ0n) is 5.36. The molecule has 10 heavy (non-hydrogen) atoms. The van der Waals surface area contributed by atoms with Crippen molar-refractivity contribution in [3.8, 4) is 0 Å². The van der Waals surface area contributed by atoms with Gasteiger partial charge in [-0.25, -0.2) is 0 Å². The minimum Gasteiger partial charge on any atom is -0.356 e. The molecule has 0 radical (unpaired) electrons. The molecule has 0 aliphatic carbocycles. The Morgan fingerprint density at radius 1 is 1.60 bits per heavy atom. The van der Waals surface area contributed by atoms with Crippen molar-refractivity contribution in [1.29, 1.82) is 0 Å². The topological polar surface area (TPSA) is 60.8 Å². The normalized spacial score (nSPS) is 24.4. The van der Waals surface area contributed by atoms with Crippen LogP contribution in [0.4, 0.5) is 0 Å². The molecular formula is C5H9NO3S. The maximum atomic E-state index is 10.1. The lowest BCUT2D eigenvalue weighted by molar-refractivity contribution is -0.131. The second-order valence-electron chi connectivity index (χ2n) is 2.17. The van der Waals surface area contributed by atoms with Crippen molar-refractivity contribution < 1.29 is 15.0 Å². The molecule has 0 spiro atoms. The summed E-state index contributed by atoms with van der Waals surface area (Å²) in [7, 11) is 0. The average molecular weight is 163 g/mol. The summed E-state index contributed by atoms with van der Waals surface area (Å²) in [5, 5.41) is 16.3. The van der Waals surface area contributed by atoms with Crippen molar-refractivity contribution in [2.24, 2.45) is 0 Å². The van der Waals surface area contributed by atoms with Crippen LogP contribution in [0.25, 0.3) is 0 Å². The van der Waals surface area contributed by atoms with E-state index in [1.165, 1.54) is 4.90 Å². The van der Waals surface area contributed by atoms with Gasteiger partial charge in [-0.3, -0.25) is 4.79 Å². The van der Waals surface area contributed by atoms with Crippen LogP contribution >= 0.6 is 11.8 Å². The third kappa shape index (κ3) is 1.86. The molecule has 0 unspecified atom stereocenters. The first-order valence-corrected chi connectivity index (χ1v) is 3.91. The maximum absolute atomic E-state index is 10.1. The summed E-state index contributed by atoms with van der Waals surface area (Å²) < 4.78 is 0. The van der Waals surface area contributed by atoms with E-state index in [4.69, 9.17) is 10.2 Å². The van der Waals surface area contributed by atoms with Crippen molar-refractivity contribution in [2.75, 3.05) is 18.8 Å². The van der Waals surface area contributed by atoms with Gasteiger partial charge in [-0.15, -0.1) is 0 Å². The monoisotopic (exact) mass is 163 g/mol. The predicted molar refractivity (Wildman–Crippen MR) is 37.3 cm³/mol. The Balaban J connectivity index is 2.47. The van der Waals surface area contributed by atoms with Gasteiger partial charge in [0.15, 0.2) is 0 Å². The van der Waals surface area contributed by atoms with Crippen molar-refractivity contribution >= 4 is 18.2 Å². The van der Waals surface area contributed by atoms with Gasteiger partial charge < -0.3 is 15.1 Å². The van der Waals surface area contributed by atoms with Crippen LogP contribution in [0.1, 0.15) is 0 Å². The minimum atomic E-state index is -1.74. The second-order valence-corrected chi connectivity index (χ2v) is 3.52. The molecule has 0 saturated carbocycles. The van der Waals surface area contributed by atoms with Gasteiger partial charge >= 0.3 is 0 Å². The number of amides is 1. The summed E-state index contributed by atoms with van der Waals surface area (Å²) in [6.07, 6.45) is 0.626. The molecule has 4 nitrogen and oxygen atoms in total. The van der Waals surface area contributed by atoms with E-state index in [2.05, 4.69) is 0 Å². The summed E-state index contributed by atoms with van der Waals surface area (Å²) in [6.45, 7) is 0.595. The third-order valence-corrected chi connectivity index (χ3v) is 2.25. The fourth-order valence-electron chi connectivity index (χ4n) is 0.806. The molecule has 1 heterocycles. The van der Waals surface area contributed by atoms with E-state index >= 15 is 0 Å². The van der Waals surface area contributed by atoms with Gasteiger partial charge in [-0.1, -0.05) is 11.8 Å². The fourth-order valence-corrected chi connectivity index (χ4v) is 1.72. The molecule has 1 rings (SSSR count). The van der Waals surface area contributed by atoms with Gasteiger partial charge in [0.2, 0.25) is 11.5 Å². The summed E-state index contributed by atoms with van der Waals surface area (Å²) in [5.41, 5.74) is 0. The van der Waals surface area contributed by atoms with Gasteiger partial charge in [0.05, 0.1) is 6.54 Å². The number of carbonyl (C=O) groups is 1. The lowest BCUT2D eigenvalue weighted by Gasteiger charge is -2.32. The maximum Gasteiger partial charge on any atom is 0.231 e. The van der Waals surface area contributed by atoms with Crippen LogP contribution in [0.2, 0.25) is 0 Å². The van der Waals surface area contributed by atoms with Crippen LogP contribution in [0.3, 0.4) is 0 Å². The lowest BCUT2D eigenvalue weighted by atomic mass is 10.5. The standard InChI is InChI=1S/C5H9NO3S/c7-4-6-1-2-10-5(8,9)3-6/h4,8-9H,1-3H2. The molecule has 1 aliphatic heterocycles. The molecule has 2 N–H and O–H groups in total. The van der Waals surface area contributed by atoms with Crippen LogP contribution in [0, 0.1) is 0 Å². The minimum absolute atomic E-state index is 0.00116. The molecule has 0 aromatic rings. The molecular weight excluding hydrogens is 154 g/mol. The molecule has 0 aromatic carbocycles. The van der Waals surface area contributed by atoms with Crippen LogP contribution in [0.15, 0.2) is 0 Å². The largest absolute Gasteiger partial charge is 0.356 e. The molecule has 58 valence electrons. The highest BCUT2D eigenvalue weighted by Crippen LogP contribution is 2.23. The Kier molecular flexibility index (Phi) is 2.18. The van der Waals surface area contributed by atoms with E-state index in [0.29, 0.717) is 18.7 Å². The van der Waals surface area contributed by atoms with Crippen LogP contribution in [-0.4, -0.2) is 45.5 Å². The molecule has 0 aromatic heterocycles. The molecule has 1 fully saturated rings. The Labute approximate surface area is 62.8 Å². The van der Waals surface area contributed by atoms with E-state index < -0.39 is 5.12 Å². The highest BCUT2D eigenvalue weighted by Gasteiger charge is 2.30. The van der Waals surface area contributed by atoms with E-state index in [1.807, 2.05) is 0 Å². The first-order chi connectivity index (χ1) is 4.64. The fraction of sp³-hybridized carbons (Fsp3) is 0.800. The zero-order valence-corrected chi connectivity index (χ0v) is 6.17. The van der Waals surface area contributed by atoms with E-state index in [9.17, 15) is 4.79 Å². The van der Waals surface area contributed by atoms with Gasteiger partial charge in [-0.2, -0.15) is 0 Å². The van der Waals surface area contributed by atoms with Crippen molar-refractivity contribution in [2.45, 2.75) is 5.12 Å².